The number of unbranched alkanes of at least 4 members (excludes halogenated alkanes) is 10. The van der Waals surface area contributed by atoms with Gasteiger partial charge in [-0.25, -0.2) is 0 Å². The second-order valence-corrected chi connectivity index (χ2v) is 10.9. The molecule has 0 saturated carbocycles. The second-order valence-electron chi connectivity index (χ2n) is 8.35. The van der Waals surface area contributed by atoms with Gasteiger partial charge < -0.3 is 15.5 Å². The lowest BCUT2D eigenvalue weighted by Crippen LogP contribution is -2.05. The molecule has 0 aliphatic heterocycles. The van der Waals surface area contributed by atoms with Gasteiger partial charge in [0.2, 0.25) is 0 Å². The predicted octanol–water partition coefficient (Wildman–Crippen LogP) is 7.17. The minimum Gasteiger partial charge on any atom is -0.481 e. The number of para-hydroxylation sites is 1. The molecule has 0 radical (unpaired) electrons. The van der Waals surface area contributed by atoms with E-state index in [9.17, 15) is 9.59 Å². The Labute approximate surface area is 189 Å². The summed E-state index contributed by atoms with van der Waals surface area (Å²) in [6.45, 7) is 0. The van der Waals surface area contributed by atoms with Gasteiger partial charge in [0.1, 0.15) is 0 Å². The number of hydrogen-bond donors (Lipinski definition) is 3. The van der Waals surface area contributed by atoms with Crippen molar-refractivity contribution in [3.8, 4) is 0 Å². The highest BCUT2D eigenvalue weighted by atomic mass is 31.1. The Morgan fingerprint density at radius 2 is 1.06 bits per heavy atom. The molecule has 0 aliphatic carbocycles. The molecule has 1 aromatic rings. The quantitative estimate of drug-likeness (QED) is 0.136. The fraction of sp³-hybridized carbons (Fsp3) is 0.680. The highest BCUT2D eigenvalue weighted by Crippen LogP contribution is 2.38. The summed E-state index contributed by atoms with van der Waals surface area (Å²) in [7, 11) is -0.0233. The molecule has 0 unspecified atom stereocenters. The van der Waals surface area contributed by atoms with Crippen LogP contribution in [0.25, 0.3) is 0 Å². The van der Waals surface area contributed by atoms with E-state index in [4.69, 9.17) is 10.2 Å². The van der Waals surface area contributed by atoms with Gasteiger partial charge >= 0.3 is 11.9 Å². The van der Waals surface area contributed by atoms with Gasteiger partial charge in [0.25, 0.3) is 0 Å². The summed E-state index contributed by atoms with van der Waals surface area (Å²) in [6.07, 6.45) is 17.7. The Hall–Kier alpha value is -1.61. The molecule has 31 heavy (non-hydrogen) atoms. The first-order valence-electron chi connectivity index (χ1n) is 12.0. The Morgan fingerprint density at radius 3 is 1.52 bits per heavy atom. The molecule has 0 spiro atoms. The molecule has 3 N–H and O–H groups in total. The van der Waals surface area contributed by atoms with Crippen LogP contribution >= 0.6 is 7.92 Å². The van der Waals surface area contributed by atoms with E-state index in [-0.39, 0.29) is 7.92 Å². The molecule has 0 amide bonds. The average molecular weight is 452 g/mol. The first kappa shape index (κ1) is 27.4. The smallest absolute Gasteiger partial charge is 0.303 e. The summed E-state index contributed by atoms with van der Waals surface area (Å²) < 4.78 is 0. The van der Waals surface area contributed by atoms with Crippen molar-refractivity contribution >= 4 is 25.5 Å². The second kappa shape index (κ2) is 19.1. The number of benzene rings is 1. The van der Waals surface area contributed by atoms with E-state index in [1.807, 2.05) is 6.07 Å². The molecule has 176 valence electrons. The molecule has 1 rings (SSSR count). The third-order valence-electron chi connectivity index (χ3n) is 5.51. The Morgan fingerprint density at radius 1 is 0.645 bits per heavy atom. The number of carboxylic acid groups (broad SMARTS) is 2. The molecule has 0 saturated heterocycles. The predicted molar refractivity (Wildman–Crippen MR) is 131 cm³/mol. The number of carboxylic acids is 2. The molecule has 5 nitrogen and oxygen atoms in total. The highest BCUT2D eigenvalue weighted by molar-refractivity contribution is 7.57. The van der Waals surface area contributed by atoms with Crippen LogP contribution in [0, 0.1) is 0 Å². The summed E-state index contributed by atoms with van der Waals surface area (Å²) in [6, 6.07) is 10.4. The minimum absolute atomic E-state index is 0.0233. The molecular formula is C25H42NO4P. The maximum absolute atomic E-state index is 10.5. The summed E-state index contributed by atoms with van der Waals surface area (Å²) in [5.74, 6) is -1.37. The maximum Gasteiger partial charge on any atom is 0.303 e. The van der Waals surface area contributed by atoms with Crippen molar-refractivity contribution in [2.45, 2.75) is 89.9 Å². The van der Waals surface area contributed by atoms with Gasteiger partial charge in [-0.05, 0) is 50.1 Å². The molecule has 0 aliphatic rings. The van der Waals surface area contributed by atoms with Crippen LogP contribution in [0.15, 0.2) is 30.3 Å². The number of aliphatic carboxylic acids is 2. The molecule has 6 heteroatoms. The van der Waals surface area contributed by atoms with Crippen LogP contribution in [-0.2, 0) is 9.59 Å². The van der Waals surface area contributed by atoms with Crippen molar-refractivity contribution in [3.63, 3.8) is 0 Å². The fourth-order valence-corrected chi connectivity index (χ4v) is 5.95. The average Bonchev–Trinajstić information content (AvgIpc) is 2.75. The van der Waals surface area contributed by atoms with Gasteiger partial charge in [0.05, 0.1) is 0 Å². The molecule has 0 fully saturated rings. The topological polar surface area (TPSA) is 86.6 Å². The summed E-state index contributed by atoms with van der Waals surface area (Å²) in [5.41, 5.74) is 1.20. The first-order chi connectivity index (χ1) is 15.1. The molecule has 1 aromatic carbocycles. The zero-order valence-corrected chi connectivity index (χ0v) is 20.0. The minimum atomic E-state index is -0.684. The van der Waals surface area contributed by atoms with Gasteiger partial charge in [-0.2, -0.15) is 0 Å². The molecular weight excluding hydrogens is 409 g/mol. The van der Waals surface area contributed by atoms with Gasteiger partial charge in [-0.15, -0.1) is 0 Å². The van der Waals surface area contributed by atoms with Crippen LogP contribution in [0.2, 0.25) is 0 Å². The van der Waals surface area contributed by atoms with Crippen LogP contribution in [0.4, 0.5) is 5.69 Å². The summed E-state index contributed by atoms with van der Waals surface area (Å²) in [4.78, 5) is 21.1. The van der Waals surface area contributed by atoms with Gasteiger partial charge in [0, 0.05) is 24.8 Å². The van der Waals surface area contributed by atoms with Crippen molar-refractivity contribution in [2.24, 2.45) is 0 Å². The zero-order chi connectivity index (χ0) is 22.6. The lowest BCUT2D eigenvalue weighted by Gasteiger charge is -2.19. The van der Waals surface area contributed by atoms with Crippen molar-refractivity contribution < 1.29 is 19.8 Å². The number of anilines is 1. The maximum atomic E-state index is 10.5. The van der Waals surface area contributed by atoms with Crippen LogP contribution in [0.5, 0.6) is 0 Å². The van der Waals surface area contributed by atoms with E-state index in [0.29, 0.717) is 12.8 Å². The molecule has 0 bridgehead atoms. The van der Waals surface area contributed by atoms with E-state index in [1.165, 1.54) is 56.5 Å². The third-order valence-corrected chi connectivity index (χ3v) is 8.01. The Bertz CT molecular complexity index is 552. The molecule has 0 atom stereocenters. The monoisotopic (exact) mass is 451 g/mol. The van der Waals surface area contributed by atoms with Crippen molar-refractivity contribution in [1.82, 2.24) is 0 Å². The number of carbonyl (C=O) groups is 2. The highest BCUT2D eigenvalue weighted by Gasteiger charge is 2.08. The number of hydrogen-bond acceptors (Lipinski definition) is 3. The number of nitrogens with one attached hydrogen (secondary N) is 1. The third kappa shape index (κ3) is 17.7. The lowest BCUT2D eigenvalue weighted by molar-refractivity contribution is -0.138. The summed E-state index contributed by atoms with van der Waals surface area (Å²) in [5, 5.41) is 21.0. The van der Waals surface area contributed by atoms with E-state index in [2.05, 4.69) is 29.6 Å². The molecule has 0 aromatic heterocycles. The van der Waals surface area contributed by atoms with Crippen molar-refractivity contribution in [3.05, 3.63) is 30.3 Å². The normalized spacial score (nSPS) is 11.0. The van der Waals surface area contributed by atoms with Crippen LogP contribution in [0.1, 0.15) is 89.9 Å². The van der Waals surface area contributed by atoms with E-state index < -0.39 is 11.9 Å². The van der Waals surface area contributed by atoms with E-state index in [0.717, 1.165) is 44.8 Å². The Balaban J connectivity index is 2.18. The largest absolute Gasteiger partial charge is 0.481 e. The Kier molecular flexibility index (Phi) is 16.9. The number of rotatable bonds is 21. The fourth-order valence-electron chi connectivity index (χ4n) is 3.67. The van der Waals surface area contributed by atoms with Crippen LogP contribution in [-0.4, -0.2) is 40.8 Å². The van der Waals surface area contributed by atoms with Crippen LogP contribution in [0.3, 0.4) is 0 Å². The van der Waals surface area contributed by atoms with Crippen molar-refractivity contribution in [1.29, 1.82) is 0 Å². The molecule has 0 heterocycles. The summed E-state index contributed by atoms with van der Waals surface area (Å²) >= 11 is 0. The lowest BCUT2D eigenvalue weighted by atomic mass is 10.1. The van der Waals surface area contributed by atoms with Gasteiger partial charge in [-0.3, -0.25) is 9.59 Å². The van der Waals surface area contributed by atoms with Gasteiger partial charge in [0.15, 0.2) is 0 Å². The van der Waals surface area contributed by atoms with Gasteiger partial charge in [-0.1, -0.05) is 77.5 Å². The standard InChI is InChI=1S/C25H42NO4P/c27-24(28)18-12-5-1-3-7-14-20-31(22-26-23-16-10-9-11-17-23)21-15-8-4-2-6-13-19-25(29)30/h9-11,16-17,26H,1-8,12-15,18-22H2,(H,27,28)(H,29,30). The van der Waals surface area contributed by atoms with E-state index >= 15 is 0 Å². The first-order valence-corrected chi connectivity index (χ1v) is 13.9. The zero-order valence-electron chi connectivity index (χ0n) is 19.1. The van der Waals surface area contributed by atoms with Crippen LogP contribution < -0.4 is 5.32 Å². The van der Waals surface area contributed by atoms with Crippen molar-refractivity contribution in [2.75, 3.05) is 23.9 Å². The SMILES string of the molecule is O=C(O)CCCCCCCCP(CCCCCCCCC(=O)O)CNc1ccccc1. The van der Waals surface area contributed by atoms with E-state index in [1.54, 1.807) is 0 Å².